The maximum Gasteiger partial charge on any atom is 0.274 e. The van der Waals surface area contributed by atoms with E-state index >= 15 is 0 Å². The number of carbonyl (C=O) groups excluding carboxylic acids is 1. The molecule has 2 aliphatic rings. The number of amides is 1. The normalized spacial score (nSPS) is 23.0. The molecule has 2 N–H and O–H groups in total. The maximum absolute atomic E-state index is 14.3. The standard InChI is InChI=1S/C13H16FN3O2/c1-16-7-9-5-8(13(18)15-19)6-10(14)12(9)11-3-2-4-17(11)16/h5-6,11,19H,2-4,7H2,1H3,(H,15,18)/t11-/m1/s1. The van der Waals surface area contributed by atoms with Crippen LogP contribution in [-0.4, -0.2) is 34.7 Å². The fraction of sp³-hybridized carbons (Fsp3) is 0.462. The Balaban J connectivity index is 2.08. The highest BCUT2D eigenvalue weighted by atomic mass is 19.1. The molecule has 1 aromatic rings. The van der Waals surface area contributed by atoms with E-state index in [0.29, 0.717) is 12.1 Å². The largest absolute Gasteiger partial charge is 0.288 e. The molecule has 1 fully saturated rings. The van der Waals surface area contributed by atoms with Gasteiger partial charge in [-0.1, -0.05) is 0 Å². The smallest absolute Gasteiger partial charge is 0.274 e. The lowest BCUT2D eigenvalue weighted by atomic mass is 9.94. The molecule has 1 atom stereocenters. The van der Waals surface area contributed by atoms with Gasteiger partial charge in [-0.3, -0.25) is 10.0 Å². The van der Waals surface area contributed by atoms with Crippen molar-refractivity contribution in [2.75, 3.05) is 13.6 Å². The van der Waals surface area contributed by atoms with Gasteiger partial charge in [0.05, 0.1) is 6.04 Å². The second-order valence-electron chi connectivity index (χ2n) is 5.11. The van der Waals surface area contributed by atoms with E-state index < -0.39 is 5.91 Å². The summed E-state index contributed by atoms with van der Waals surface area (Å²) in [6.45, 7) is 1.52. The van der Waals surface area contributed by atoms with Crippen molar-refractivity contribution in [1.29, 1.82) is 0 Å². The number of halogens is 1. The summed E-state index contributed by atoms with van der Waals surface area (Å²) >= 11 is 0. The van der Waals surface area contributed by atoms with Gasteiger partial charge in [0.15, 0.2) is 0 Å². The second-order valence-corrected chi connectivity index (χ2v) is 5.11. The van der Waals surface area contributed by atoms with Crippen LogP contribution < -0.4 is 5.48 Å². The summed E-state index contributed by atoms with van der Waals surface area (Å²) in [5, 5.41) is 12.9. The molecule has 0 saturated carbocycles. The Kier molecular flexibility index (Phi) is 3.00. The molecule has 5 nitrogen and oxygen atoms in total. The number of nitrogens with zero attached hydrogens (tertiary/aromatic N) is 2. The van der Waals surface area contributed by atoms with Crippen LogP contribution in [0.15, 0.2) is 12.1 Å². The van der Waals surface area contributed by atoms with Crippen molar-refractivity contribution < 1.29 is 14.4 Å². The van der Waals surface area contributed by atoms with Gasteiger partial charge in [-0.25, -0.2) is 19.9 Å². The van der Waals surface area contributed by atoms with Crippen molar-refractivity contribution in [3.8, 4) is 0 Å². The van der Waals surface area contributed by atoms with Crippen LogP contribution in [-0.2, 0) is 6.54 Å². The number of hydrazine groups is 1. The Hall–Kier alpha value is -1.50. The molecule has 19 heavy (non-hydrogen) atoms. The third kappa shape index (κ3) is 1.92. The third-order valence-corrected chi connectivity index (χ3v) is 3.97. The molecule has 102 valence electrons. The maximum atomic E-state index is 14.3. The monoisotopic (exact) mass is 265 g/mol. The molecule has 2 aliphatic heterocycles. The Morgan fingerprint density at radius 1 is 1.53 bits per heavy atom. The number of hydrogen-bond acceptors (Lipinski definition) is 4. The summed E-state index contributed by atoms with van der Waals surface area (Å²) in [6.07, 6.45) is 1.98. The van der Waals surface area contributed by atoms with Crippen LogP contribution >= 0.6 is 0 Å². The minimum absolute atomic E-state index is 0.0694. The summed E-state index contributed by atoms with van der Waals surface area (Å²) in [7, 11) is 1.97. The SMILES string of the molecule is CN1Cc2cc(C(=O)NO)cc(F)c2[C@H]2CCCN21. The van der Waals surface area contributed by atoms with Crippen molar-refractivity contribution in [2.24, 2.45) is 0 Å². The number of carbonyl (C=O) groups is 1. The first-order valence-electron chi connectivity index (χ1n) is 6.36. The van der Waals surface area contributed by atoms with E-state index in [1.54, 1.807) is 11.5 Å². The molecule has 1 saturated heterocycles. The van der Waals surface area contributed by atoms with Crippen LogP contribution in [0.25, 0.3) is 0 Å². The molecule has 6 heteroatoms. The fourth-order valence-corrected chi connectivity index (χ4v) is 3.17. The molecule has 0 radical (unpaired) electrons. The van der Waals surface area contributed by atoms with Gasteiger partial charge < -0.3 is 0 Å². The third-order valence-electron chi connectivity index (χ3n) is 3.97. The van der Waals surface area contributed by atoms with E-state index in [9.17, 15) is 9.18 Å². The van der Waals surface area contributed by atoms with Gasteiger partial charge in [-0.2, -0.15) is 0 Å². The summed E-state index contributed by atoms with van der Waals surface area (Å²) in [5.41, 5.74) is 3.22. The summed E-state index contributed by atoms with van der Waals surface area (Å²) < 4.78 is 14.3. The van der Waals surface area contributed by atoms with Gasteiger partial charge in [0.2, 0.25) is 0 Å². The summed E-state index contributed by atoms with van der Waals surface area (Å²) in [4.78, 5) is 11.4. The molecule has 2 heterocycles. The first-order valence-corrected chi connectivity index (χ1v) is 6.36. The van der Waals surface area contributed by atoms with Crippen molar-refractivity contribution >= 4 is 5.91 Å². The Morgan fingerprint density at radius 3 is 3.05 bits per heavy atom. The molecule has 3 rings (SSSR count). The van der Waals surface area contributed by atoms with E-state index in [-0.39, 0.29) is 17.4 Å². The predicted octanol–water partition coefficient (Wildman–Crippen LogP) is 1.44. The van der Waals surface area contributed by atoms with Gasteiger partial charge in [0, 0.05) is 31.3 Å². The Bertz CT molecular complexity index is 535. The molecule has 0 aliphatic carbocycles. The van der Waals surface area contributed by atoms with Crippen molar-refractivity contribution in [1.82, 2.24) is 15.5 Å². The molecule has 1 aromatic carbocycles. The predicted molar refractivity (Wildman–Crippen MR) is 65.8 cm³/mol. The number of fused-ring (bicyclic) bond motifs is 3. The topological polar surface area (TPSA) is 55.8 Å². The Morgan fingerprint density at radius 2 is 2.32 bits per heavy atom. The minimum atomic E-state index is -0.682. The summed E-state index contributed by atoms with van der Waals surface area (Å²) in [5.74, 6) is -1.04. The molecule has 0 bridgehead atoms. The van der Waals surface area contributed by atoms with E-state index in [2.05, 4.69) is 10.0 Å². The second kappa shape index (κ2) is 4.56. The highest BCUT2D eigenvalue weighted by molar-refractivity contribution is 5.93. The quantitative estimate of drug-likeness (QED) is 0.596. The van der Waals surface area contributed by atoms with E-state index in [1.165, 1.54) is 6.07 Å². The number of hydroxylamine groups is 1. The van der Waals surface area contributed by atoms with Crippen LogP contribution in [0.5, 0.6) is 0 Å². The van der Waals surface area contributed by atoms with Gasteiger partial charge in [-0.05, 0) is 30.5 Å². The highest BCUT2D eigenvalue weighted by Gasteiger charge is 2.36. The lowest BCUT2D eigenvalue weighted by molar-refractivity contribution is -0.0358. The summed E-state index contributed by atoms with van der Waals surface area (Å²) in [6, 6.07) is 2.93. The zero-order chi connectivity index (χ0) is 13.6. The highest BCUT2D eigenvalue weighted by Crippen LogP contribution is 2.40. The zero-order valence-corrected chi connectivity index (χ0v) is 10.7. The number of hydrogen-bond donors (Lipinski definition) is 2. The lowest BCUT2D eigenvalue weighted by Gasteiger charge is -2.39. The fourth-order valence-electron chi connectivity index (χ4n) is 3.17. The van der Waals surface area contributed by atoms with Crippen LogP contribution in [0.3, 0.4) is 0 Å². The minimum Gasteiger partial charge on any atom is -0.288 e. The van der Waals surface area contributed by atoms with Crippen molar-refractivity contribution in [3.05, 3.63) is 34.6 Å². The molecular weight excluding hydrogens is 249 g/mol. The lowest BCUT2D eigenvalue weighted by Crippen LogP contribution is -2.43. The molecule has 0 unspecified atom stereocenters. The molecular formula is C13H16FN3O2. The first-order chi connectivity index (χ1) is 9.11. The van der Waals surface area contributed by atoms with E-state index in [1.807, 2.05) is 7.05 Å². The van der Waals surface area contributed by atoms with E-state index in [4.69, 9.17) is 5.21 Å². The average molecular weight is 265 g/mol. The van der Waals surface area contributed by atoms with Crippen LogP contribution in [0, 0.1) is 5.82 Å². The van der Waals surface area contributed by atoms with Crippen molar-refractivity contribution in [3.63, 3.8) is 0 Å². The number of nitrogens with one attached hydrogen (secondary N) is 1. The molecule has 1 amide bonds. The number of rotatable bonds is 1. The van der Waals surface area contributed by atoms with Gasteiger partial charge in [0.1, 0.15) is 5.82 Å². The first kappa shape index (κ1) is 12.5. The number of benzene rings is 1. The molecule has 0 spiro atoms. The van der Waals surface area contributed by atoms with E-state index in [0.717, 1.165) is 24.9 Å². The zero-order valence-electron chi connectivity index (χ0n) is 10.7. The van der Waals surface area contributed by atoms with Crippen molar-refractivity contribution in [2.45, 2.75) is 25.4 Å². The van der Waals surface area contributed by atoms with Gasteiger partial charge in [0.25, 0.3) is 5.91 Å². The van der Waals surface area contributed by atoms with Crippen LogP contribution in [0.1, 0.15) is 40.4 Å². The van der Waals surface area contributed by atoms with Crippen LogP contribution in [0.2, 0.25) is 0 Å². The van der Waals surface area contributed by atoms with Gasteiger partial charge in [-0.15, -0.1) is 0 Å². The molecule has 0 aromatic heterocycles. The van der Waals surface area contributed by atoms with Gasteiger partial charge >= 0.3 is 0 Å². The average Bonchev–Trinajstić information content (AvgIpc) is 2.86. The Labute approximate surface area is 110 Å². The van der Waals surface area contributed by atoms with Crippen LogP contribution in [0.4, 0.5) is 4.39 Å².